The van der Waals surface area contributed by atoms with Gasteiger partial charge in [0.15, 0.2) is 0 Å². The molecule has 2 aliphatic rings. The third-order valence-electron chi connectivity index (χ3n) is 5.14. The number of likely N-dealkylation sites (tertiary alicyclic amines) is 1. The van der Waals surface area contributed by atoms with Crippen LogP contribution in [0.15, 0.2) is 12.1 Å². The van der Waals surface area contributed by atoms with E-state index in [0.29, 0.717) is 12.0 Å². The van der Waals surface area contributed by atoms with E-state index in [2.05, 4.69) is 0 Å². The van der Waals surface area contributed by atoms with Crippen molar-refractivity contribution in [1.29, 1.82) is 0 Å². The number of carboxylic acids is 1. The van der Waals surface area contributed by atoms with Crippen LogP contribution in [0.2, 0.25) is 5.82 Å². The fourth-order valence-corrected chi connectivity index (χ4v) is 3.34. The van der Waals surface area contributed by atoms with Crippen LogP contribution >= 0.6 is 0 Å². The van der Waals surface area contributed by atoms with E-state index in [1.165, 1.54) is 17.0 Å². The van der Waals surface area contributed by atoms with Crippen LogP contribution in [0.25, 0.3) is 0 Å². The quantitative estimate of drug-likeness (QED) is 0.307. The highest BCUT2D eigenvalue weighted by Gasteiger charge is 2.48. The number of nitrogens with two attached hydrogens (primary N) is 1. The maximum atomic E-state index is 12.2. The number of aliphatic hydroxyl groups excluding tert-OH is 1. The fourth-order valence-electron chi connectivity index (χ4n) is 3.34. The molecule has 152 valence electrons. The molecular formula is C17H23BN2O8. The number of carbonyl (C=O) groups is 2. The van der Waals surface area contributed by atoms with E-state index in [4.69, 9.17) is 11.8 Å². The molecular weight excluding hydrogens is 371 g/mol. The first-order valence-corrected chi connectivity index (χ1v) is 8.73. The van der Waals surface area contributed by atoms with Crippen LogP contribution in [-0.4, -0.2) is 80.6 Å². The standard InChI is InChI=1S/C17H23BN2O8/c1-17(19,7-21)16(25)20-5-8(6-20)28-12-3-2-9(10-4-11(10)18(26)27)14(22)13(12)15(23)24/h2-3,8,10-11,21-22,26-27H,4-7,19H2,1H3,(H,23,24)/t10-,11-,17+/m1/s1/i1D. The average molecular weight is 395 g/mol. The third kappa shape index (κ3) is 3.66. The van der Waals surface area contributed by atoms with Crippen molar-refractivity contribution in [3.05, 3.63) is 23.3 Å². The molecule has 2 fully saturated rings. The molecule has 0 spiro atoms. The summed E-state index contributed by atoms with van der Waals surface area (Å²) in [4.78, 5) is 25.2. The number of carboxylic acid groups (broad SMARTS) is 1. The van der Waals surface area contributed by atoms with Crippen LogP contribution in [0.1, 0.15) is 36.5 Å². The fraction of sp³-hybridized carbons (Fsp3) is 0.529. The van der Waals surface area contributed by atoms with E-state index in [1.54, 1.807) is 0 Å². The second-order valence-corrected chi connectivity index (χ2v) is 7.37. The topological polar surface area (TPSA) is 174 Å². The molecule has 0 bridgehead atoms. The lowest BCUT2D eigenvalue weighted by atomic mass is 9.81. The normalized spacial score (nSPS) is 24.0. The Morgan fingerprint density at radius 1 is 1.43 bits per heavy atom. The molecule has 7 N–H and O–H groups in total. The molecule has 28 heavy (non-hydrogen) atoms. The van der Waals surface area contributed by atoms with Gasteiger partial charge in [-0.2, -0.15) is 0 Å². The van der Waals surface area contributed by atoms with Gasteiger partial charge in [0.1, 0.15) is 28.7 Å². The van der Waals surface area contributed by atoms with Gasteiger partial charge in [0.25, 0.3) is 0 Å². The Labute approximate surface area is 162 Å². The van der Waals surface area contributed by atoms with Gasteiger partial charge in [-0.1, -0.05) is 6.07 Å². The Balaban J connectivity index is 1.70. The maximum Gasteiger partial charge on any atom is 0.455 e. The van der Waals surface area contributed by atoms with Gasteiger partial charge in [-0.25, -0.2) is 4.79 Å². The number of nitrogens with zero attached hydrogens (tertiary/aromatic N) is 1. The van der Waals surface area contributed by atoms with Gasteiger partial charge in [0.2, 0.25) is 5.91 Å². The summed E-state index contributed by atoms with van der Waals surface area (Å²) < 4.78 is 13.0. The average Bonchev–Trinajstić information content (AvgIpc) is 3.43. The van der Waals surface area contributed by atoms with Gasteiger partial charge in [-0.05, 0) is 30.9 Å². The number of aromatic hydroxyl groups is 1. The summed E-state index contributed by atoms with van der Waals surface area (Å²) in [5.74, 6) is -3.34. The number of aliphatic hydroxyl groups is 1. The number of rotatable bonds is 7. The first kappa shape index (κ1) is 19.0. The molecule has 1 aromatic rings. The Bertz CT molecular complexity index is 813. The molecule has 1 aromatic carbocycles. The Morgan fingerprint density at radius 2 is 2.11 bits per heavy atom. The lowest BCUT2D eigenvalue weighted by Gasteiger charge is -2.42. The highest BCUT2D eigenvalue weighted by Crippen LogP contribution is 2.56. The number of carbonyl (C=O) groups excluding carboxylic acids is 1. The van der Waals surface area contributed by atoms with Gasteiger partial charge < -0.3 is 40.7 Å². The van der Waals surface area contributed by atoms with Gasteiger partial charge in [-0.15, -0.1) is 0 Å². The highest BCUT2D eigenvalue weighted by atomic mass is 16.5. The van der Waals surface area contributed by atoms with E-state index >= 15 is 0 Å². The number of phenols is 1. The number of benzene rings is 1. The summed E-state index contributed by atoms with van der Waals surface area (Å²) >= 11 is 0. The zero-order valence-electron chi connectivity index (χ0n) is 16.0. The van der Waals surface area contributed by atoms with E-state index in [9.17, 15) is 35.0 Å². The van der Waals surface area contributed by atoms with Crippen LogP contribution in [0.5, 0.6) is 11.5 Å². The summed E-state index contributed by atoms with van der Waals surface area (Å²) in [6.45, 7) is -0.949. The molecule has 1 aliphatic heterocycles. The SMILES string of the molecule is [2H]C[C@](N)(CO)C(=O)N1CC(Oc2ccc([C@H]3C[C@H]3B(O)O)c(O)c2C(=O)O)C1. The van der Waals surface area contributed by atoms with Crippen molar-refractivity contribution < 1.29 is 41.1 Å². The molecule has 3 rings (SSSR count). The van der Waals surface area contributed by atoms with Crippen LogP contribution < -0.4 is 10.5 Å². The second kappa shape index (κ2) is 7.24. The molecule has 1 aliphatic carbocycles. The molecule has 0 radical (unpaired) electrons. The van der Waals surface area contributed by atoms with Crippen LogP contribution in [0.3, 0.4) is 0 Å². The van der Waals surface area contributed by atoms with Crippen molar-refractivity contribution in [2.45, 2.75) is 36.7 Å². The minimum absolute atomic E-state index is 0.0701. The van der Waals surface area contributed by atoms with Gasteiger partial charge in [0, 0.05) is 7.19 Å². The number of aromatic carboxylic acids is 1. The monoisotopic (exact) mass is 395 g/mol. The zero-order valence-corrected chi connectivity index (χ0v) is 15.0. The lowest BCUT2D eigenvalue weighted by Crippen LogP contribution is -2.64. The molecule has 11 heteroatoms. The number of amides is 1. The summed E-state index contributed by atoms with van der Waals surface area (Å²) in [5, 5.41) is 47.6. The number of hydrogen-bond donors (Lipinski definition) is 6. The van der Waals surface area contributed by atoms with Crippen molar-refractivity contribution in [2.75, 3.05) is 19.7 Å². The zero-order chi connectivity index (χ0) is 21.5. The summed E-state index contributed by atoms with van der Waals surface area (Å²) in [6.07, 6.45) is -0.116. The minimum atomic E-state index is -1.69. The van der Waals surface area contributed by atoms with Crippen LogP contribution in [0.4, 0.5) is 0 Å². The van der Waals surface area contributed by atoms with Crippen LogP contribution in [0, 0.1) is 0 Å². The lowest BCUT2D eigenvalue weighted by molar-refractivity contribution is -0.146. The van der Waals surface area contributed by atoms with E-state index < -0.39 is 61.3 Å². The largest absolute Gasteiger partial charge is 0.507 e. The van der Waals surface area contributed by atoms with Crippen molar-refractivity contribution >= 4 is 19.0 Å². The molecule has 10 nitrogen and oxygen atoms in total. The number of ether oxygens (including phenoxy) is 1. The molecule has 0 unspecified atom stereocenters. The summed E-state index contributed by atoms with van der Waals surface area (Å²) in [7, 11) is -1.54. The maximum absolute atomic E-state index is 12.2. The first-order valence-electron chi connectivity index (χ1n) is 9.44. The smallest absolute Gasteiger partial charge is 0.455 e. The van der Waals surface area contributed by atoms with Gasteiger partial charge >= 0.3 is 13.1 Å². The molecule has 1 saturated heterocycles. The van der Waals surface area contributed by atoms with Gasteiger partial charge in [0.05, 0.1) is 19.7 Å². The second-order valence-electron chi connectivity index (χ2n) is 7.37. The van der Waals surface area contributed by atoms with E-state index in [0.717, 1.165) is 0 Å². The Kier molecular flexibility index (Phi) is 4.92. The molecule has 1 amide bonds. The van der Waals surface area contributed by atoms with Crippen molar-refractivity contribution in [2.24, 2.45) is 5.73 Å². The third-order valence-corrected chi connectivity index (χ3v) is 5.14. The van der Waals surface area contributed by atoms with Crippen molar-refractivity contribution in [3.8, 4) is 11.5 Å². The van der Waals surface area contributed by atoms with E-state index in [1.807, 2.05) is 0 Å². The number of hydrogen-bond acceptors (Lipinski definition) is 8. The predicted octanol–water partition coefficient (Wildman–Crippen LogP) is -1.28. The van der Waals surface area contributed by atoms with Crippen LogP contribution in [-0.2, 0) is 4.79 Å². The van der Waals surface area contributed by atoms with Crippen molar-refractivity contribution in [3.63, 3.8) is 0 Å². The summed E-state index contributed by atoms with van der Waals surface area (Å²) in [5.41, 5.74) is 3.89. The molecule has 0 aromatic heterocycles. The van der Waals surface area contributed by atoms with E-state index in [-0.39, 0.29) is 24.8 Å². The summed E-state index contributed by atoms with van der Waals surface area (Å²) in [6, 6.07) is 2.88. The minimum Gasteiger partial charge on any atom is -0.507 e. The predicted molar refractivity (Wildman–Crippen MR) is 97.0 cm³/mol. The molecule has 1 saturated carbocycles. The Hall–Kier alpha value is -2.34. The first-order chi connectivity index (χ1) is 13.6. The molecule has 1 heterocycles. The Morgan fingerprint density at radius 3 is 2.61 bits per heavy atom. The highest BCUT2D eigenvalue weighted by molar-refractivity contribution is 6.44. The van der Waals surface area contributed by atoms with Crippen molar-refractivity contribution in [1.82, 2.24) is 4.90 Å². The molecule has 3 atom stereocenters. The van der Waals surface area contributed by atoms with Gasteiger partial charge in [-0.3, -0.25) is 4.79 Å².